The lowest BCUT2D eigenvalue weighted by atomic mass is 10.1. The minimum absolute atomic E-state index is 0.0348. The number of pyridine rings is 2. The molecule has 0 bridgehead atoms. The Morgan fingerprint density at radius 2 is 2.03 bits per heavy atom. The maximum Gasteiger partial charge on any atom is 0.247 e. The Balaban J connectivity index is 0.00000161. The zero-order valence-corrected chi connectivity index (χ0v) is 19.1. The van der Waals surface area contributed by atoms with Crippen molar-refractivity contribution in [1.29, 1.82) is 0 Å². The van der Waals surface area contributed by atoms with E-state index < -0.39 is 0 Å². The van der Waals surface area contributed by atoms with Crippen molar-refractivity contribution in [2.24, 2.45) is 4.99 Å². The van der Waals surface area contributed by atoms with E-state index in [0.29, 0.717) is 43.7 Å². The summed E-state index contributed by atoms with van der Waals surface area (Å²) >= 11 is 0. The molecule has 0 aromatic carbocycles. The van der Waals surface area contributed by atoms with Gasteiger partial charge in [-0.2, -0.15) is 0 Å². The molecule has 10 heteroatoms. The summed E-state index contributed by atoms with van der Waals surface area (Å²) in [4.78, 5) is 46.0. The molecule has 0 saturated heterocycles. The highest BCUT2D eigenvalue weighted by molar-refractivity contribution is 6.33. The first kappa shape index (κ1) is 26.7. The van der Waals surface area contributed by atoms with E-state index in [1.54, 1.807) is 18.5 Å². The van der Waals surface area contributed by atoms with Crippen molar-refractivity contribution in [2.75, 3.05) is 57.7 Å². The number of amidine groups is 1. The van der Waals surface area contributed by atoms with Crippen LogP contribution in [0.5, 0.6) is 0 Å². The molecule has 10 nitrogen and oxygen atoms in total. The zero-order valence-electron chi connectivity index (χ0n) is 19.1. The standard InChI is InChI=1S/C20H25N5O4.C2H7N/c1-3-9-29-10-7-25(2)18-11-16(15-4-5-20(28)23-12-15)22-13-17(18)24-19(14-27)21-6-8-26;1-3-2/h4-5,8,11-14H,3,6-7,9-10H2,1-2H3,(H,21,24)(H,23,28);3H,1-2H3. The SMILES string of the molecule is CCCOCCN(C)c1cc(-c2ccc(=O)[nH]c2)ncc1NC(C=O)=NCC=O.CNC. The van der Waals surface area contributed by atoms with Crippen LogP contribution in [-0.2, 0) is 14.3 Å². The van der Waals surface area contributed by atoms with Crippen molar-refractivity contribution in [3.05, 3.63) is 40.9 Å². The van der Waals surface area contributed by atoms with Gasteiger partial charge in [0.1, 0.15) is 6.29 Å². The van der Waals surface area contributed by atoms with Crippen LogP contribution in [0.3, 0.4) is 0 Å². The minimum Gasteiger partial charge on any atom is -0.380 e. The molecule has 2 rings (SSSR count). The summed E-state index contributed by atoms with van der Waals surface area (Å²) in [5, 5.41) is 5.67. The van der Waals surface area contributed by atoms with Crippen LogP contribution in [0.1, 0.15) is 13.3 Å². The molecule has 2 aromatic heterocycles. The van der Waals surface area contributed by atoms with E-state index in [0.717, 1.165) is 17.7 Å². The number of nitrogens with zero attached hydrogens (tertiary/aromatic N) is 3. The second-order valence-electron chi connectivity index (χ2n) is 6.70. The van der Waals surface area contributed by atoms with E-state index in [2.05, 4.69) is 25.6 Å². The van der Waals surface area contributed by atoms with Crippen LogP contribution in [0.2, 0.25) is 0 Å². The van der Waals surface area contributed by atoms with Crippen LogP contribution in [-0.4, -0.2) is 75.8 Å². The van der Waals surface area contributed by atoms with Gasteiger partial charge in [0.2, 0.25) is 5.56 Å². The molecule has 0 aliphatic rings. The lowest BCUT2D eigenvalue weighted by molar-refractivity contribution is -0.106. The number of carbonyl (C=O) groups excluding carboxylic acids is 2. The first-order valence-corrected chi connectivity index (χ1v) is 10.3. The monoisotopic (exact) mass is 444 g/mol. The fraction of sp³-hybridized carbons (Fsp3) is 0.409. The molecule has 0 atom stereocenters. The molecular formula is C22H32N6O4. The highest BCUT2D eigenvalue weighted by Crippen LogP contribution is 2.29. The molecule has 3 N–H and O–H groups in total. The van der Waals surface area contributed by atoms with Crippen LogP contribution < -0.4 is 21.1 Å². The molecule has 0 fully saturated rings. The van der Waals surface area contributed by atoms with Gasteiger partial charge in [-0.1, -0.05) is 6.92 Å². The van der Waals surface area contributed by atoms with Crippen molar-refractivity contribution < 1.29 is 14.3 Å². The van der Waals surface area contributed by atoms with E-state index in [4.69, 9.17) is 4.74 Å². The van der Waals surface area contributed by atoms with Crippen molar-refractivity contribution in [3.8, 4) is 11.3 Å². The number of hydrogen-bond donors (Lipinski definition) is 3. The highest BCUT2D eigenvalue weighted by atomic mass is 16.5. The molecule has 0 aliphatic carbocycles. The van der Waals surface area contributed by atoms with E-state index in [9.17, 15) is 14.4 Å². The summed E-state index contributed by atoms with van der Waals surface area (Å²) in [5.74, 6) is 0.0348. The minimum atomic E-state index is -0.195. The van der Waals surface area contributed by atoms with Gasteiger partial charge in [-0.25, -0.2) is 0 Å². The smallest absolute Gasteiger partial charge is 0.247 e. The first-order chi connectivity index (χ1) is 15.5. The van der Waals surface area contributed by atoms with Crippen molar-refractivity contribution in [1.82, 2.24) is 15.3 Å². The van der Waals surface area contributed by atoms with Gasteiger partial charge in [-0.3, -0.25) is 19.6 Å². The molecule has 0 amide bonds. The van der Waals surface area contributed by atoms with Gasteiger partial charge in [0, 0.05) is 38.0 Å². The largest absolute Gasteiger partial charge is 0.380 e. The molecule has 174 valence electrons. The van der Waals surface area contributed by atoms with Crippen molar-refractivity contribution in [3.63, 3.8) is 0 Å². The number of anilines is 2. The number of likely N-dealkylation sites (N-methyl/N-ethyl adjacent to an activating group) is 1. The van der Waals surface area contributed by atoms with E-state index in [1.807, 2.05) is 39.0 Å². The second kappa shape index (κ2) is 15.4. The summed E-state index contributed by atoms with van der Waals surface area (Å²) < 4.78 is 5.56. The molecule has 0 unspecified atom stereocenters. The molecular weight excluding hydrogens is 412 g/mol. The lowest BCUT2D eigenvalue weighted by Crippen LogP contribution is -2.25. The Bertz CT molecular complexity index is 908. The Labute approximate surface area is 188 Å². The Morgan fingerprint density at radius 3 is 2.62 bits per heavy atom. The Morgan fingerprint density at radius 1 is 1.28 bits per heavy atom. The van der Waals surface area contributed by atoms with Crippen molar-refractivity contribution >= 4 is 29.8 Å². The number of aliphatic imine (C=N–C) groups is 1. The number of aldehydes is 2. The molecule has 2 aromatic rings. The number of aromatic nitrogens is 2. The van der Waals surface area contributed by atoms with Crippen LogP contribution in [0.15, 0.2) is 40.4 Å². The predicted octanol–water partition coefficient (Wildman–Crippen LogP) is 1.34. The normalized spacial score (nSPS) is 10.7. The summed E-state index contributed by atoms with van der Waals surface area (Å²) in [7, 11) is 5.65. The molecule has 0 radical (unpaired) electrons. The van der Waals surface area contributed by atoms with Gasteiger partial charge in [0.25, 0.3) is 0 Å². The number of carbonyl (C=O) groups is 2. The predicted molar refractivity (Wildman–Crippen MR) is 128 cm³/mol. The maximum absolute atomic E-state index is 11.3. The van der Waals surface area contributed by atoms with Crippen LogP contribution in [0.4, 0.5) is 11.4 Å². The fourth-order valence-electron chi connectivity index (χ4n) is 2.53. The molecule has 2 heterocycles. The number of rotatable bonds is 11. The average Bonchev–Trinajstić information content (AvgIpc) is 2.80. The third-order valence-corrected chi connectivity index (χ3v) is 4.00. The van der Waals surface area contributed by atoms with E-state index in [1.165, 1.54) is 6.07 Å². The molecule has 0 aliphatic heterocycles. The quantitative estimate of drug-likeness (QED) is 0.205. The van der Waals surface area contributed by atoms with Crippen molar-refractivity contribution in [2.45, 2.75) is 13.3 Å². The number of nitrogens with one attached hydrogen (secondary N) is 3. The number of aromatic amines is 1. The summed E-state index contributed by atoms with van der Waals surface area (Å²) in [5.41, 5.74) is 2.54. The van der Waals surface area contributed by atoms with Crippen LogP contribution in [0.25, 0.3) is 11.3 Å². The third-order valence-electron chi connectivity index (χ3n) is 4.00. The Hall–Kier alpha value is -3.37. The van der Waals surface area contributed by atoms with Gasteiger partial charge in [-0.15, -0.1) is 0 Å². The average molecular weight is 445 g/mol. The summed E-state index contributed by atoms with van der Waals surface area (Å²) in [6, 6.07) is 4.96. The summed E-state index contributed by atoms with van der Waals surface area (Å²) in [6.07, 6.45) is 5.28. The zero-order chi connectivity index (χ0) is 23.8. The van der Waals surface area contributed by atoms with Gasteiger partial charge in [0.15, 0.2) is 12.1 Å². The maximum atomic E-state index is 11.3. The van der Waals surface area contributed by atoms with Crippen LogP contribution in [0, 0.1) is 0 Å². The van der Waals surface area contributed by atoms with E-state index >= 15 is 0 Å². The lowest BCUT2D eigenvalue weighted by Gasteiger charge is -2.23. The number of H-pyrrole nitrogens is 1. The van der Waals surface area contributed by atoms with Gasteiger partial charge in [-0.05, 0) is 32.6 Å². The second-order valence-corrected chi connectivity index (χ2v) is 6.70. The van der Waals surface area contributed by atoms with Gasteiger partial charge < -0.3 is 30.0 Å². The molecule has 32 heavy (non-hydrogen) atoms. The van der Waals surface area contributed by atoms with E-state index in [-0.39, 0.29) is 17.9 Å². The first-order valence-electron chi connectivity index (χ1n) is 10.3. The number of ether oxygens (including phenoxy) is 1. The summed E-state index contributed by atoms with van der Waals surface area (Å²) in [6.45, 7) is 3.78. The molecule has 0 spiro atoms. The number of hydrogen-bond acceptors (Lipinski definition) is 8. The highest BCUT2D eigenvalue weighted by Gasteiger charge is 2.13. The Kier molecular flexibility index (Phi) is 12.9. The molecule has 0 saturated carbocycles. The third kappa shape index (κ3) is 9.19. The van der Waals surface area contributed by atoms with Crippen LogP contribution >= 0.6 is 0 Å². The fourth-order valence-corrected chi connectivity index (χ4v) is 2.53. The topological polar surface area (TPSA) is 129 Å². The van der Waals surface area contributed by atoms with Gasteiger partial charge in [0.05, 0.1) is 36.4 Å². The van der Waals surface area contributed by atoms with Gasteiger partial charge >= 0.3 is 0 Å².